The Bertz CT molecular complexity index is 1200. The minimum atomic E-state index is -1.05. The van der Waals surface area contributed by atoms with Gasteiger partial charge < -0.3 is 5.11 Å². The van der Waals surface area contributed by atoms with Crippen molar-refractivity contribution in [3.63, 3.8) is 0 Å². The van der Waals surface area contributed by atoms with Crippen LogP contribution in [0.15, 0.2) is 54.9 Å². The maximum Gasteiger partial charge on any atom is 0.339 e. The Labute approximate surface area is 157 Å². The first-order chi connectivity index (χ1) is 12.6. The zero-order valence-corrected chi connectivity index (χ0v) is 14.8. The summed E-state index contributed by atoms with van der Waals surface area (Å²) < 4.78 is 1.44. The SMILES string of the molecule is O=C(O)c1cn2nccc2nc1-c1ccc(C#Cc2cccc(Cl)c2)s1. The first kappa shape index (κ1) is 16.3. The van der Waals surface area contributed by atoms with Crippen LogP contribution in [-0.2, 0) is 0 Å². The molecular weight excluding hydrogens is 370 g/mol. The van der Waals surface area contributed by atoms with Crippen LogP contribution in [0, 0.1) is 11.8 Å². The number of halogens is 1. The Hall–Kier alpha value is -3.14. The number of thiophene rings is 1. The van der Waals surface area contributed by atoms with Gasteiger partial charge in [-0.15, -0.1) is 11.3 Å². The van der Waals surface area contributed by atoms with Gasteiger partial charge in [-0.3, -0.25) is 0 Å². The molecule has 0 atom stereocenters. The highest BCUT2D eigenvalue weighted by Crippen LogP contribution is 2.29. The molecule has 0 aliphatic rings. The molecule has 0 bridgehead atoms. The van der Waals surface area contributed by atoms with E-state index < -0.39 is 5.97 Å². The standard InChI is InChI=1S/C19H10ClN3O2S/c20-13-3-1-2-12(10-13)4-5-14-6-7-16(26-14)18-15(19(24)25)11-23-17(22-18)8-9-21-23/h1-3,6-11H,(H,24,25). The molecule has 4 rings (SSSR count). The first-order valence-electron chi connectivity index (χ1n) is 7.55. The molecule has 0 saturated carbocycles. The van der Waals surface area contributed by atoms with Crippen LogP contribution in [0.4, 0.5) is 0 Å². The van der Waals surface area contributed by atoms with Gasteiger partial charge in [0.05, 0.1) is 21.6 Å². The van der Waals surface area contributed by atoms with Gasteiger partial charge >= 0.3 is 5.97 Å². The summed E-state index contributed by atoms with van der Waals surface area (Å²) in [6.45, 7) is 0. The molecule has 0 spiro atoms. The molecule has 5 nitrogen and oxygen atoms in total. The predicted octanol–water partition coefficient (Wildman–Crippen LogP) is 4.21. The smallest absolute Gasteiger partial charge is 0.339 e. The number of hydrogen-bond donors (Lipinski definition) is 1. The summed E-state index contributed by atoms with van der Waals surface area (Å²) in [5, 5.41) is 14.2. The second-order valence-corrected chi connectivity index (χ2v) is 6.89. The average Bonchev–Trinajstić information content (AvgIpc) is 3.27. The minimum absolute atomic E-state index is 0.0948. The Balaban J connectivity index is 1.73. The summed E-state index contributed by atoms with van der Waals surface area (Å²) in [5.41, 5.74) is 1.91. The van der Waals surface area contributed by atoms with Crippen molar-refractivity contribution in [2.75, 3.05) is 0 Å². The third kappa shape index (κ3) is 3.18. The molecule has 1 aromatic carbocycles. The van der Waals surface area contributed by atoms with Crippen LogP contribution >= 0.6 is 22.9 Å². The minimum Gasteiger partial charge on any atom is -0.478 e. The van der Waals surface area contributed by atoms with E-state index in [-0.39, 0.29) is 5.56 Å². The molecule has 3 aromatic heterocycles. The molecule has 126 valence electrons. The number of carboxylic acids is 1. The van der Waals surface area contributed by atoms with Gasteiger partial charge in [0.15, 0.2) is 5.65 Å². The molecule has 0 aliphatic heterocycles. The fourth-order valence-corrected chi connectivity index (χ4v) is 3.48. The molecule has 0 amide bonds. The Morgan fingerprint density at radius 1 is 1.19 bits per heavy atom. The van der Waals surface area contributed by atoms with E-state index in [0.29, 0.717) is 16.4 Å². The van der Waals surface area contributed by atoms with E-state index in [1.165, 1.54) is 22.0 Å². The molecule has 7 heteroatoms. The average molecular weight is 380 g/mol. The van der Waals surface area contributed by atoms with Gasteiger partial charge in [0.2, 0.25) is 0 Å². The van der Waals surface area contributed by atoms with E-state index in [0.717, 1.165) is 15.3 Å². The van der Waals surface area contributed by atoms with Crippen LogP contribution in [0.5, 0.6) is 0 Å². The second kappa shape index (κ2) is 6.64. The van der Waals surface area contributed by atoms with Crippen LogP contribution in [0.25, 0.3) is 16.2 Å². The van der Waals surface area contributed by atoms with E-state index in [4.69, 9.17) is 11.6 Å². The van der Waals surface area contributed by atoms with Crippen molar-refractivity contribution in [2.24, 2.45) is 0 Å². The quantitative estimate of drug-likeness (QED) is 0.530. The number of nitrogens with zero attached hydrogens (tertiary/aromatic N) is 3. The van der Waals surface area contributed by atoms with E-state index >= 15 is 0 Å². The summed E-state index contributed by atoms with van der Waals surface area (Å²) in [6.07, 6.45) is 3.05. The number of fused-ring (bicyclic) bond motifs is 1. The zero-order chi connectivity index (χ0) is 18.1. The summed E-state index contributed by atoms with van der Waals surface area (Å²) >= 11 is 7.35. The number of hydrogen-bond acceptors (Lipinski definition) is 4. The lowest BCUT2D eigenvalue weighted by atomic mass is 10.2. The number of carbonyl (C=O) groups is 1. The lowest BCUT2D eigenvalue weighted by molar-refractivity contribution is 0.0696. The highest BCUT2D eigenvalue weighted by Gasteiger charge is 2.17. The van der Waals surface area contributed by atoms with Crippen molar-refractivity contribution in [3.8, 4) is 22.4 Å². The maximum absolute atomic E-state index is 11.6. The van der Waals surface area contributed by atoms with Crippen molar-refractivity contribution < 1.29 is 9.90 Å². The van der Waals surface area contributed by atoms with Gasteiger partial charge in [-0.2, -0.15) is 5.10 Å². The molecule has 3 heterocycles. The number of rotatable bonds is 2. The molecule has 0 unspecified atom stereocenters. The lowest BCUT2D eigenvalue weighted by Crippen LogP contribution is -2.04. The van der Waals surface area contributed by atoms with Crippen molar-refractivity contribution >= 4 is 34.6 Å². The van der Waals surface area contributed by atoms with Crippen molar-refractivity contribution in [1.82, 2.24) is 14.6 Å². The van der Waals surface area contributed by atoms with Gasteiger partial charge in [-0.25, -0.2) is 14.3 Å². The van der Waals surface area contributed by atoms with Crippen LogP contribution in [0.2, 0.25) is 5.02 Å². The van der Waals surface area contributed by atoms with Crippen LogP contribution in [0.3, 0.4) is 0 Å². The third-order valence-corrected chi connectivity index (χ3v) is 4.85. The maximum atomic E-state index is 11.6. The van der Waals surface area contributed by atoms with Gasteiger partial charge in [-0.1, -0.05) is 29.5 Å². The third-order valence-electron chi connectivity index (χ3n) is 3.61. The molecule has 4 aromatic rings. The van der Waals surface area contributed by atoms with Gasteiger partial charge in [0, 0.05) is 22.8 Å². The number of aromatic nitrogens is 3. The first-order valence-corrected chi connectivity index (χ1v) is 8.75. The largest absolute Gasteiger partial charge is 0.478 e. The lowest BCUT2D eigenvalue weighted by Gasteiger charge is -2.03. The Morgan fingerprint density at radius 2 is 2.08 bits per heavy atom. The molecule has 0 fully saturated rings. The summed E-state index contributed by atoms with van der Waals surface area (Å²) in [4.78, 5) is 17.6. The Morgan fingerprint density at radius 3 is 2.88 bits per heavy atom. The fraction of sp³-hybridized carbons (Fsp3) is 0. The topological polar surface area (TPSA) is 67.5 Å². The molecule has 0 radical (unpaired) electrons. The fourth-order valence-electron chi connectivity index (χ4n) is 2.43. The molecule has 0 aliphatic carbocycles. The Kier molecular flexibility index (Phi) is 4.17. The van der Waals surface area contributed by atoms with E-state index in [1.54, 1.807) is 24.4 Å². The second-order valence-electron chi connectivity index (χ2n) is 5.37. The molecular formula is C19H10ClN3O2S. The highest BCUT2D eigenvalue weighted by atomic mass is 35.5. The zero-order valence-electron chi connectivity index (χ0n) is 13.2. The van der Waals surface area contributed by atoms with Crippen LogP contribution in [0.1, 0.15) is 20.8 Å². The van der Waals surface area contributed by atoms with Crippen LogP contribution < -0.4 is 0 Å². The number of benzene rings is 1. The number of aromatic carboxylic acids is 1. The summed E-state index contributed by atoms with van der Waals surface area (Å²) in [7, 11) is 0. The van der Waals surface area contributed by atoms with Crippen molar-refractivity contribution in [1.29, 1.82) is 0 Å². The molecule has 26 heavy (non-hydrogen) atoms. The molecule has 0 saturated heterocycles. The van der Waals surface area contributed by atoms with Crippen LogP contribution in [-0.4, -0.2) is 25.7 Å². The summed E-state index contributed by atoms with van der Waals surface area (Å²) in [5.74, 6) is 5.08. The predicted molar refractivity (Wildman–Crippen MR) is 101 cm³/mol. The normalized spacial score (nSPS) is 10.5. The monoisotopic (exact) mass is 379 g/mol. The molecule has 1 N–H and O–H groups in total. The van der Waals surface area contributed by atoms with E-state index in [2.05, 4.69) is 21.9 Å². The summed E-state index contributed by atoms with van der Waals surface area (Å²) in [6, 6.07) is 12.7. The van der Waals surface area contributed by atoms with Gasteiger partial charge in [-0.05, 0) is 30.3 Å². The van der Waals surface area contributed by atoms with Crippen molar-refractivity contribution in [2.45, 2.75) is 0 Å². The van der Waals surface area contributed by atoms with E-state index in [1.807, 2.05) is 24.3 Å². The highest BCUT2D eigenvalue weighted by molar-refractivity contribution is 7.16. The van der Waals surface area contributed by atoms with Crippen molar-refractivity contribution in [3.05, 3.63) is 75.9 Å². The van der Waals surface area contributed by atoms with E-state index in [9.17, 15) is 9.90 Å². The van der Waals surface area contributed by atoms with Gasteiger partial charge in [0.25, 0.3) is 0 Å². The number of carboxylic acid groups (broad SMARTS) is 1. The van der Waals surface area contributed by atoms with Gasteiger partial charge in [0.1, 0.15) is 5.56 Å².